The fraction of sp³-hybridized carbons (Fsp3) is 0.0500. The summed E-state index contributed by atoms with van der Waals surface area (Å²) in [6, 6.07) is 9.93. The third-order valence-corrected chi connectivity index (χ3v) is 4.76. The molecule has 11 heteroatoms. The number of nitrogens with one attached hydrogen (secondary N) is 1. The largest absolute Gasteiger partial charge is 0.481 e. The molecule has 0 aliphatic carbocycles. The molecular formula is C20H14N2O8S. The van der Waals surface area contributed by atoms with Gasteiger partial charge in [-0.3, -0.25) is 4.79 Å². The van der Waals surface area contributed by atoms with Crippen LogP contribution in [0, 0.1) is 0 Å². The van der Waals surface area contributed by atoms with Gasteiger partial charge in [-0.05, 0) is 42.1 Å². The zero-order valence-electron chi connectivity index (χ0n) is 15.6. The minimum Gasteiger partial charge on any atom is -0.481 e. The van der Waals surface area contributed by atoms with E-state index in [0.29, 0.717) is 5.56 Å². The lowest BCUT2D eigenvalue weighted by Crippen LogP contribution is -2.19. The summed E-state index contributed by atoms with van der Waals surface area (Å²) in [5.41, 5.74) is 0.0120. The van der Waals surface area contributed by atoms with Gasteiger partial charge in [-0.2, -0.15) is 0 Å². The Bertz CT molecular complexity index is 1120. The Labute approximate surface area is 178 Å². The van der Waals surface area contributed by atoms with Gasteiger partial charge in [-0.15, -0.1) is 0 Å². The molecule has 0 atom stereocenters. The summed E-state index contributed by atoms with van der Waals surface area (Å²) in [6.07, 6.45) is 1.50. The molecule has 0 bridgehead atoms. The van der Waals surface area contributed by atoms with Gasteiger partial charge in [0.1, 0.15) is 5.75 Å². The number of para-hydroxylation sites is 1. The highest BCUT2D eigenvalue weighted by Crippen LogP contribution is 2.31. The molecule has 158 valence electrons. The zero-order valence-corrected chi connectivity index (χ0v) is 16.4. The van der Waals surface area contributed by atoms with E-state index in [1.165, 1.54) is 18.2 Å². The maximum atomic E-state index is 12.3. The van der Waals surface area contributed by atoms with Crippen LogP contribution in [-0.2, 0) is 9.59 Å². The average Bonchev–Trinajstić information content (AvgIpc) is 3.05. The van der Waals surface area contributed by atoms with E-state index in [1.807, 2.05) is 0 Å². The number of ether oxygens (including phenoxy) is 1. The number of rotatable bonds is 7. The number of carbonyl (C=O) groups excluding carboxylic acids is 1. The number of hydrogen-bond acceptors (Lipinski definition) is 7. The standard InChI is InChI=1S/C20H14N2O8S/c23-16(24)9-30-14-4-2-1-3-10(14)8-15-17(25)22-20(31-15)21-13-6-11(18(26)27)5-12(7-13)19(28)29/h1-8H,9H2,(H,23,24)(H,26,27)(H,28,29)(H,21,22,25)/b15-8-. The van der Waals surface area contributed by atoms with Crippen molar-refractivity contribution in [2.45, 2.75) is 0 Å². The van der Waals surface area contributed by atoms with E-state index < -0.39 is 30.4 Å². The second-order valence-corrected chi connectivity index (χ2v) is 7.11. The first kappa shape index (κ1) is 21.6. The van der Waals surface area contributed by atoms with E-state index >= 15 is 0 Å². The maximum absolute atomic E-state index is 12.3. The van der Waals surface area contributed by atoms with Crippen LogP contribution in [0.5, 0.6) is 5.75 Å². The first-order chi connectivity index (χ1) is 14.7. The van der Waals surface area contributed by atoms with Crippen LogP contribution in [0.4, 0.5) is 5.69 Å². The number of benzene rings is 2. The number of aliphatic imine (C=N–C) groups is 1. The quantitative estimate of drug-likeness (QED) is 0.472. The molecule has 1 fully saturated rings. The molecule has 1 aliphatic rings. The number of nitrogens with zero attached hydrogens (tertiary/aromatic N) is 1. The molecule has 0 aromatic heterocycles. The van der Waals surface area contributed by atoms with Crippen molar-refractivity contribution in [2.24, 2.45) is 4.99 Å². The molecular weight excluding hydrogens is 428 g/mol. The smallest absolute Gasteiger partial charge is 0.341 e. The summed E-state index contributed by atoms with van der Waals surface area (Å²) < 4.78 is 5.21. The Morgan fingerprint density at radius 1 is 1.03 bits per heavy atom. The van der Waals surface area contributed by atoms with Crippen molar-refractivity contribution >= 4 is 52.5 Å². The summed E-state index contributed by atoms with van der Waals surface area (Å²) in [6.45, 7) is -0.544. The van der Waals surface area contributed by atoms with Crippen molar-refractivity contribution in [2.75, 3.05) is 6.61 Å². The minimum atomic E-state index is -1.31. The third kappa shape index (κ3) is 5.48. The van der Waals surface area contributed by atoms with Crippen LogP contribution in [0.3, 0.4) is 0 Å². The number of amidine groups is 1. The molecule has 10 nitrogen and oxygen atoms in total. The zero-order chi connectivity index (χ0) is 22.5. The van der Waals surface area contributed by atoms with Gasteiger partial charge in [-0.1, -0.05) is 18.2 Å². The van der Waals surface area contributed by atoms with Crippen LogP contribution in [0.2, 0.25) is 0 Å². The number of carboxylic acids is 3. The number of carbonyl (C=O) groups is 4. The Morgan fingerprint density at radius 2 is 1.68 bits per heavy atom. The van der Waals surface area contributed by atoms with Crippen LogP contribution in [0.25, 0.3) is 6.08 Å². The topological polar surface area (TPSA) is 163 Å². The summed E-state index contributed by atoms with van der Waals surface area (Å²) >= 11 is 0.954. The molecule has 31 heavy (non-hydrogen) atoms. The normalized spacial score (nSPS) is 15.7. The Balaban J connectivity index is 1.89. The summed E-state index contributed by atoms with van der Waals surface area (Å²) in [7, 11) is 0. The van der Waals surface area contributed by atoms with Crippen molar-refractivity contribution in [1.29, 1.82) is 0 Å². The van der Waals surface area contributed by atoms with E-state index in [4.69, 9.17) is 20.1 Å². The highest BCUT2D eigenvalue weighted by atomic mass is 32.2. The predicted molar refractivity (Wildman–Crippen MR) is 111 cm³/mol. The van der Waals surface area contributed by atoms with Crippen molar-refractivity contribution < 1.29 is 39.2 Å². The van der Waals surface area contributed by atoms with Gasteiger partial charge in [-0.25, -0.2) is 19.4 Å². The number of aliphatic carboxylic acids is 1. The first-order valence-corrected chi connectivity index (χ1v) is 9.39. The first-order valence-electron chi connectivity index (χ1n) is 8.58. The van der Waals surface area contributed by atoms with E-state index in [0.717, 1.165) is 17.8 Å². The molecule has 0 unspecified atom stereocenters. The van der Waals surface area contributed by atoms with Gasteiger partial charge in [0.2, 0.25) is 0 Å². The minimum absolute atomic E-state index is 0.0477. The molecule has 1 aliphatic heterocycles. The van der Waals surface area contributed by atoms with Crippen molar-refractivity contribution in [1.82, 2.24) is 5.32 Å². The van der Waals surface area contributed by atoms with E-state index in [2.05, 4.69) is 10.3 Å². The fourth-order valence-electron chi connectivity index (χ4n) is 2.53. The average molecular weight is 442 g/mol. The number of carboxylic acid groups (broad SMARTS) is 3. The van der Waals surface area contributed by atoms with Crippen molar-refractivity contribution in [3.63, 3.8) is 0 Å². The highest BCUT2D eigenvalue weighted by molar-refractivity contribution is 8.18. The summed E-state index contributed by atoms with van der Waals surface area (Å²) in [5, 5.41) is 29.7. The molecule has 0 spiro atoms. The van der Waals surface area contributed by atoms with Crippen LogP contribution in [-0.4, -0.2) is 50.9 Å². The van der Waals surface area contributed by atoms with Crippen molar-refractivity contribution in [3.8, 4) is 5.75 Å². The predicted octanol–water partition coefficient (Wildman–Crippen LogP) is 2.44. The Morgan fingerprint density at radius 3 is 2.29 bits per heavy atom. The number of amides is 1. The lowest BCUT2D eigenvalue weighted by molar-refractivity contribution is -0.139. The Hall–Kier alpha value is -4.12. The summed E-state index contributed by atoms with van der Waals surface area (Å²) in [5.74, 6) is -3.98. The van der Waals surface area contributed by atoms with Crippen molar-refractivity contribution in [3.05, 3.63) is 64.1 Å². The lowest BCUT2D eigenvalue weighted by atomic mass is 10.1. The molecule has 4 N–H and O–H groups in total. The fourth-order valence-corrected chi connectivity index (χ4v) is 3.37. The third-order valence-electron chi connectivity index (χ3n) is 3.85. The van der Waals surface area contributed by atoms with Gasteiger partial charge < -0.3 is 25.4 Å². The second-order valence-electron chi connectivity index (χ2n) is 6.08. The van der Waals surface area contributed by atoms with Crippen LogP contribution in [0.1, 0.15) is 26.3 Å². The molecule has 3 rings (SSSR count). The molecule has 1 saturated heterocycles. The lowest BCUT2D eigenvalue weighted by Gasteiger charge is -2.06. The van der Waals surface area contributed by atoms with Crippen LogP contribution in [0.15, 0.2) is 52.4 Å². The maximum Gasteiger partial charge on any atom is 0.341 e. The van der Waals surface area contributed by atoms with Gasteiger partial charge in [0, 0.05) is 5.56 Å². The molecule has 2 aromatic carbocycles. The van der Waals surface area contributed by atoms with Gasteiger partial charge in [0.25, 0.3) is 5.91 Å². The Kier molecular flexibility index (Phi) is 6.36. The van der Waals surface area contributed by atoms with Gasteiger partial charge in [0.05, 0.1) is 21.7 Å². The molecule has 2 aromatic rings. The SMILES string of the molecule is O=C(O)COc1ccccc1/C=C1\SC(=Nc2cc(C(=O)O)cc(C(=O)O)c2)NC1=O. The monoisotopic (exact) mass is 442 g/mol. The number of aromatic carboxylic acids is 2. The number of hydrogen-bond donors (Lipinski definition) is 4. The molecule has 0 radical (unpaired) electrons. The van der Waals surface area contributed by atoms with Crippen LogP contribution >= 0.6 is 11.8 Å². The molecule has 1 heterocycles. The second kappa shape index (κ2) is 9.13. The molecule has 1 amide bonds. The molecule has 0 saturated carbocycles. The van der Waals surface area contributed by atoms with E-state index in [-0.39, 0.29) is 32.6 Å². The van der Waals surface area contributed by atoms with Gasteiger partial charge in [0.15, 0.2) is 11.8 Å². The summed E-state index contributed by atoms with van der Waals surface area (Å²) in [4.78, 5) is 49.9. The van der Waals surface area contributed by atoms with Crippen LogP contribution < -0.4 is 10.1 Å². The number of thioether (sulfide) groups is 1. The van der Waals surface area contributed by atoms with Gasteiger partial charge >= 0.3 is 17.9 Å². The van der Waals surface area contributed by atoms with E-state index in [9.17, 15) is 19.2 Å². The highest BCUT2D eigenvalue weighted by Gasteiger charge is 2.24. The van der Waals surface area contributed by atoms with E-state index in [1.54, 1.807) is 24.3 Å².